The van der Waals surface area contributed by atoms with Crippen LogP contribution in [-0.2, 0) is 0 Å². The number of methoxy groups -OCH3 is 2. The topological polar surface area (TPSA) is 28.3 Å². The molecule has 0 radical (unpaired) electrons. The number of nitrogens with zero attached hydrogens (tertiary/aromatic N) is 2. The summed E-state index contributed by atoms with van der Waals surface area (Å²) in [4.78, 5) is 0. The maximum Gasteiger partial charge on any atom is 0.333 e. The van der Waals surface area contributed by atoms with Crippen LogP contribution in [0.4, 0.5) is 0 Å². The van der Waals surface area contributed by atoms with Gasteiger partial charge < -0.3 is 18.5 Å². The summed E-state index contributed by atoms with van der Waals surface area (Å²) in [5.41, 5.74) is 24.3. The normalized spacial score (nSPS) is 12.7. The molecule has 0 fully saturated rings. The molecule has 0 saturated carbocycles. The Morgan fingerprint density at radius 3 is 1.78 bits per heavy atom. The SMILES string of the molecule is COc1ccc2c(c1)c1cc(OC)cc3c1n2-c1cccc2c1B3n1c3ccc(-c4c(C)cc(C)cc4C)cc3c3cc(-c4c(C)cc(C)cc4C)cc-2c31. The van der Waals surface area contributed by atoms with Crippen molar-refractivity contribution in [2.75, 3.05) is 14.2 Å². The number of ether oxygens (including phenoxy) is 2. The quantitative estimate of drug-likeness (QED) is 0.170. The van der Waals surface area contributed by atoms with Crippen molar-refractivity contribution in [1.29, 1.82) is 0 Å². The molecular formula is C50H41BN2O2. The third kappa shape index (κ3) is 4.24. The van der Waals surface area contributed by atoms with Gasteiger partial charge in [-0.15, -0.1) is 0 Å². The smallest absolute Gasteiger partial charge is 0.333 e. The van der Waals surface area contributed by atoms with Crippen molar-refractivity contribution in [3.63, 3.8) is 0 Å². The third-order valence-electron chi connectivity index (χ3n) is 12.6. The summed E-state index contributed by atoms with van der Waals surface area (Å²) in [5, 5.41) is 4.90. The molecule has 0 aliphatic carbocycles. The first kappa shape index (κ1) is 32.3. The zero-order chi connectivity index (χ0) is 37.6. The number of hydrogen-bond donors (Lipinski definition) is 0. The number of benzene rings is 7. The maximum atomic E-state index is 6.09. The van der Waals surface area contributed by atoms with Crippen molar-refractivity contribution >= 4 is 61.4 Å². The van der Waals surface area contributed by atoms with Gasteiger partial charge in [0.05, 0.1) is 25.3 Å². The highest BCUT2D eigenvalue weighted by atomic mass is 16.5. The summed E-state index contributed by atoms with van der Waals surface area (Å²) in [6.45, 7) is 13.3. The molecule has 11 rings (SSSR count). The zero-order valence-corrected chi connectivity index (χ0v) is 32.6. The lowest BCUT2D eigenvalue weighted by molar-refractivity contribution is 0.415. The van der Waals surface area contributed by atoms with E-state index in [2.05, 4.69) is 154 Å². The van der Waals surface area contributed by atoms with Crippen LogP contribution in [0.25, 0.3) is 82.7 Å². The Bertz CT molecular complexity index is 3150. The third-order valence-corrected chi connectivity index (χ3v) is 12.6. The van der Waals surface area contributed by atoms with Gasteiger partial charge in [-0.1, -0.05) is 53.6 Å². The average molecular weight is 713 g/mol. The van der Waals surface area contributed by atoms with Crippen molar-refractivity contribution in [2.45, 2.75) is 41.5 Å². The van der Waals surface area contributed by atoms with Crippen LogP contribution >= 0.6 is 0 Å². The predicted molar refractivity (Wildman–Crippen MR) is 232 cm³/mol. The van der Waals surface area contributed by atoms with Gasteiger partial charge in [0.25, 0.3) is 0 Å². The van der Waals surface area contributed by atoms with E-state index in [0.717, 1.165) is 16.9 Å². The van der Waals surface area contributed by atoms with Crippen LogP contribution in [0.2, 0.25) is 0 Å². The fourth-order valence-corrected chi connectivity index (χ4v) is 10.8. The molecular weight excluding hydrogens is 671 g/mol. The van der Waals surface area contributed by atoms with E-state index in [1.165, 1.54) is 122 Å². The highest BCUT2D eigenvalue weighted by molar-refractivity contribution is 6.90. The van der Waals surface area contributed by atoms with Crippen molar-refractivity contribution in [3.05, 3.63) is 137 Å². The lowest BCUT2D eigenvalue weighted by Crippen LogP contribution is -2.55. The first-order chi connectivity index (χ1) is 26.6. The van der Waals surface area contributed by atoms with E-state index in [-0.39, 0.29) is 6.85 Å². The second-order valence-electron chi connectivity index (χ2n) is 16.0. The molecule has 0 amide bonds. The fourth-order valence-electron chi connectivity index (χ4n) is 10.8. The van der Waals surface area contributed by atoms with E-state index in [9.17, 15) is 0 Å². The fraction of sp³-hybridized carbons (Fsp3) is 0.160. The van der Waals surface area contributed by atoms with Gasteiger partial charge in [-0.3, -0.25) is 0 Å². The minimum atomic E-state index is -0.0580. The van der Waals surface area contributed by atoms with E-state index in [1.807, 2.05) is 0 Å². The highest BCUT2D eigenvalue weighted by Crippen LogP contribution is 2.47. The molecule has 7 aromatic carbocycles. The number of fused-ring (bicyclic) bond motifs is 10. The van der Waals surface area contributed by atoms with Gasteiger partial charge in [-0.2, -0.15) is 0 Å². The molecule has 266 valence electrons. The molecule has 55 heavy (non-hydrogen) atoms. The minimum Gasteiger partial charge on any atom is -0.497 e. The molecule has 2 aromatic heterocycles. The van der Waals surface area contributed by atoms with Gasteiger partial charge in [-0.05, 0) is 163 Å². The second-order valence-corrected chi connectivity index (χ2v) is 16.0. The molecule has 5 heteroatoms. The van der Waals surface area contributed by atoms with Crippen LogP contribution in [0, 0.1) is 41.5 Å². The average Bonchev–Trinajstić information content (AvgIpc) is 3.66. The Morgan fingerprint density at radius 1 is 0.491 bits per heavy atom. The zero-order valence-electron chi connectivity index (χ0n) is 32.6. The molecule has 4 heterocycles. The van der Waals surface area contributed by atoms with E-state index in [0.29, 0.717) is 0 Å². The van der Waals surface area contributed by atoms with Gasteiger partial charge in [0, 0.05) is 43.8 Å². The Hall–Kier alpha value is -6.20. The first-order valence-electron chi connectivity index (χ1n) is 19.3. The molecule has 2 aliphatic heterocycles. The molecule has 4 nitrogen and oxygen atoms in total. The van der Waals surface area contributed by atoms with E-state index in [4.69, 9.17) is 9.47 Å². The summed E-state index contributed by atoms with van der Waals surface area (Å²) in [6, 6.07) is 39.3. The number of aromatic nitrogens is 2. The summed E-state index contributed by atoms with van der Waals surface area (Å²) in [5.74, 6) is 1.71. The Balaban J connectivity index is 1.32. The molecule has 2 aliphatic rings. The van der Waals surface area contributed by atoms with E-state index in [1.54, 1.807) is 14.2 Å². The second kappa shape index (κ2) is 11.2. The summed E-state index contributed by atoms with van der Waals surface area (Å²) < 4.78 is 17.0. The van der Waals surface area contributed by atoms with Crippen LogP contribution in [0.5, 0.6) is 11.5 Å². The van der Waals surface area contributed by atoms with Crippen LogP contribution < -0.4 is 20.4 Å². The first-order valence-corrected chi connectivity index (χ1v) is 19.3. The van der Waals surface area contributed by atoms with Crippen molar-refractivity contribution in [3.8, 4) is 50.6 Å². The summed E-state index contributed by atoms with van der Waals surface area (Å²) >= 11 is 0. The Morgan fingerprint density at radius 2 is 1.09 bits per heavy atom. The number of rotatable bonds is 4. The number of hydrogen-bond acceptors (Lipinski definition) is 2. The van der Waals surface area contributed by atoms with E-state index < -0.39 is 0 Å². The number of aryl methyl sites for hydroxylation is 6. The molecule has 0 atom stereocenters. The molecule has 0 N–H and O–H groups in total. The molecule has 0 bridgehead atoms. The van der Waals surface area contributed by atoms with Crippen LogP contribution in [-0.4, -0.2) is 30.1 Å². The van der Waals surface area contributed by atoms with E-state index >= 15 is 0 Å². The molecule has 9 aromatic rings. The maximum absolute atomic E-state index is 6.09. The predicted octanol–water partition coefficient (Wildman–Crippen LogP) is 11.0. The minimum absolute atomic E-state index is 0.0580. The molecule has 0 spiro atoms. The Labute approximate surface area is 321 Å². The lowest BCUT2D eigenvalue weighted by Gasteiger charge is -2.34. The van der Waals surface area contributed by atoms with Crippen LogP contribution in [0.1, 0.15) is 33.4 Å². The summed E-state index contributed by atoms with van der Waals surface area (Å²) in [6.07, 6.45) is 0. The van der Waals surface area contributed by atoms with Gasteiger partial charge in [-0.25, -0.2) is 0 Å². The van der Waals surface area contributed by atoms with Crippen LogP contribution in [0.15, 0.2) is 103 Å². The van der Waals surface area contributed by atoms with Crippen LogP contribution in [0.3, 0.4) is 0 Å². The molecule has 0 saturated heterocycles. The van der Waals surface area contributed by atoms with Gasteiger partial charge in [0.1, 0.15) is 11.5 Å². The van der Waals surface area contributed by atoms with Crippen molar-refractivity contribution < 1.29 is 9.47 Å². The van der Waals surface area contributed by atoms with Crippen molar-refractivity contribution in [2.24, 2.45) is 0 Å². The van der Waals surface area contributed by atoms with Gasteiger partial charge in [0.15, 0.2) is 0 Å². The van der Waals surface area contributed by atoms with Gasteiger partial charge >= 0.3 is 6.85 Å². The largest absolute Gasteiger partial charge is 0.497 e. The monoisotopic (exact) mass is 712 g/mol. The highest BCUT2D eigenvalue weighted by Gasteiger charge is 2.42. The Kier molecular flexibility index (Phi) is 6.55. The van der Waals surface area contributed by atoms with Gasteiger partial charge in [0.2, 0.25) is 0 Å². The molecule has 0 unspecified atom stereocenters. The lowest BCUT2D eigenvalue weighted by atomic mass is 9.45. The summed E-state index contributed by atoms with van der Waals surface area (Å²) in [7, 11) is 3.52. The standard InChI is InChI=1S/C50H41BN2O2/c1-26-16-28(3)46(29(4)17-26)32-12-14-44-37(20-32)40-22-33(47-30(5)18-27(2)19-31(47)6)21-39-36-10-9-11-45-48(36)51(53(44)49(39)40)42-25-35(55-8)24-41-38-23-34(54-7)13-15-43(38)52(45)50(41)42/h9-25H,1-8H3. The van der Waals surface area contributed by atoms with Crippen molar-refractivity contribution in [1.82, 2.24) is 9.05 Å².